The first-order valence-electron chi connectivity index (χ1n) is 11.6. The highest BCUT2D eigenvalue weighted by Crippen LogP contribution is 2.39. The first-order valence-corrected chi connectivity index (χ1v) is 11.6. The highest BCUT2D eigenvalue weighted by atomic mass is 16.3. The van der Waals surface area contributed by atoms with Crippen LogP contribution in [0.25, 0.3) is 5.57 Å². The minimum Gasteiger partial charge on any atom is -0.469 e. The van der Waals surface area contributed by atoms with Gasteiger partial charge < -0.3 is 4.42 Å². The lowest BCUT2D eigenvalue weighted by Gasteiger charge is -2.19. The molecule has 32 heavy (non-hydrogen) atoms. The number of ketones is 1. The molecule has 0 spiro atoms. The van der Waals surface area contributed by atoms with Crippen LogP contribution in [-0.2, 0) is 24.1 Å². The van der Waals surface area contributed by atoms with E-state index in [-0.39, 0.29) is 5.92 Å². The Balaban J connectivity index is 1.45. The SMILES string of the molecule is CCc1cc(C)c(C)cc1CC(=O)CCC1=CC=C(c2ccccc2)C1Cc1ccco1. The van der Waals surface area contributed by atoms with Crippen molar-refractivity contribution in [3.63, 3.8) is 0 Å². The number of aryl methyl sites for hydroxylation is 3. The number of allylic oxidation sites excluding steroid dienone is 4. The third-order valence-corrected chi connectivity index (χ3v) is 6.67. The summed E-state index contributed by atoms with van der Waals surface area (Å²) in [6.07, 6.45) is 9.86. The fourth-order valence-electron chi connectivity index (χ4n) is 4.70. The van der Waals surface area contributed by atoms with Gasteiger partial charge in [-0.3, -0.25) is 4.79 Å². The van der Waals surface area contributed by atoms with Gasteiger partial charge in [0.05, 0.1) is 6.26 Å². The van der Waals surface area contributed by atoms with Gasteiger partial charge in [-0.05, 0) is 72.2 Å². The van der Waals surface area contributed by atoms with Gasteiger partial charge in [-0.25, -0.2) is 0 Å². The number of hydrogen-bond donors (Lipinski definition) is 0. The summed E-state index contributed by atoms with van der Waals surface area (Å²) in [6.45, 7) is 6.43. The van der Waals surface area contributed by atoms with Crippen molar-refractivity contribution < 1.29 is 9.21 Å². The predicted octanol–water partition coefficient (Wildman–Crippen LogP) is 7.23. The van der Waals surface area contributed by atoms with Gasteiger partial charge >= 0.3 is 0 Å². The average molecular weight is 425 g/mol. The molecule has 2 nitrogen and oxygen atoms in total. The maximum atomic E-state index is 12.9. The Morgan fingerprint density at radius 3 is 2.38 bits per heavy atom. The fourth-order valence-corrected chi connectivity index (χ4v) is 4.70. The molecule has 0 aliphatic heterocycles. The van der Waals surface area contributed by atoms with Crippen LogP contribution >= 0.6 is 0 Å². The van der Waals surface area contributed by atoms with Crippen molar-refractivity contribution in [1.29, 1.82) is 0 Å². The predicted molar refractivity (Wildman–Crippen MR) is 132 cm³/mol. The van der Waals surface area contributed by atoms with E-state index in [4.69, 9.17) is 4.42 Å². The topological polar surface area (TPSA) is 30.2 Å². The second-order valence-corrected chi connectivity index (χ2v) is 8.84. The molecule has 2 heteroatoms. The molecule has 0 radical (unpaired) electrons. The van der Waals surface area contributed by atoms with E-state index in [2.05, 4.69) is 69.3 Å². The molecule has 1 unspecified atom stereocenters. The third kappa shape index (κ3) is 5.02. The van der Waals surface area contributed by atoms with E-state index in [1.807, 2.05) is 18.2 Å². The Bertz CT molecular complexity index is 1130. The monoisotopic (exact) mass is 424 g/mol. The molecule has 4 rings (SSSR count). The van der Waals surface area contributed by atoms with E-state index in [9.17, 15) is 4.79 Å². The molecule has 0 N–H and O–H groups in total. The van der Waals surface area contributed by atoms with Crippen LogP contribution < -0.4 is 0 Å². The van der Waals surface area contributed by atoms with E-state index in [1.165, 1.54) is 39.0 Å². The van der Waals surface area contributed by atoms with Gasteiger partial charge in [-0.1, -0.05) is 67.1 Å². The Morgan fingerprint density at radius 2 is 1.69 bits per heavy atom. The molecule has 1 aromatic heterocycles. The normalized spacial score (nSPS) is 15.5. The molecule has 0 amide bonds. The van der Waals surface area contributed by atoms with Crippen molar-refractivity contribution >= 4 is 11.4 Å². The van der Waals surface area contributed by atoms with Crippen LogP contribution in [0.15, 0.2) is 83.0 Å². The molecular formula is C30H32O2. The standard InChI is InChI=1S/C30H32O2/c1-4-23-17-21(2)22(3)18-26(23)19-27(31)14-12-25-13-15-29(24-9-6-5-7-10-24)30(25)20-28-11-8-16-32-28/h5-11,13,15-18,30H,4,12,14,19-20H2,1-3H3. The van der Waals surface area contributed by atoms with E-state index >= 15 is 0 Å². The summed E-state index contributed by atoms with van der Waals surface area (Å²) in [5.74, 6) is 1.55. The summed E-state index contributed by atoms with van der Waals surface area (Å²) in [7, 11) is 0. The van der Waals surface area contributed by atoms with Gasteiger partial charge in [0.15, 0.2) is 0 Å². The second kappa shape index (κ2) is 9.99. The number of furan rings is 1. The number of Topliss-reactive ketones (excluding diaryl/α,β-unsaturated/α-hetero) is 1. The van der Waals surface area contributed by atoms with Crippen molar-refractivity contribution in [2.45, 2.75) is 52.9 Å². The highest BCUT2D eigenvalue weighted by Gasteiger charge is 2.26. The largest absolute Gasteiger partial charge is 0.469 e. The van der Waals surface area contributed by atoms with Gasteiger partial charge in [-0.15, -0.1) is 0 Å². The second-order valence-electron chi connectivity index (χ2n) is 8.84. The number of carbonyl (C=O) groups excluding carboxylic acids is 1. The van der Waals surface area contributed by atoms with Crippen LogP contribution in [0.3, 0.4) is 0 Å². The van der Waals surface area contributed by atoms with Crippen molar-refractivity contribution in [2.24, 2.45) is 5.92 Å². The van der Waals surface area contributed by atoms with Gasteiger partial charge in [-0.2, -0.15) is 0 Å². The molecule has 1 atom stereocenters. The summed E-state index contributed by atoms with van der Waals surface area (Å²) in [6, 6.07) is 19.0. The molecule has 1 heterocycles. The summed E-state index contributed by atoms with van der Waals surface area (Å²) >= 11 is 0. The average Bonchev–Trinajstić information content (AvgIpc) is 3.46. The molecule has 164 valence electrons. The maximum Gasteiger partial charge on any atom is 0.137 e. The zero-order valence-electron chi connectivity index (χ0n) is 19.4. The van der Waals surface area contributed by atoms with E-state index in [0.29, 0.717) is 18.6 Å². The summed E-state index contributed by atoms with van der Waals surface area (Å²) < 4.78 is 5.66. The van der Waals surface area contributed by atoms with Crippen molar-refractivity contribution in [3.8, 4) is 0 Å². The molecule has 0 fully saturated rings. The summed E-state index contributed by atoms with van der Waals surface area (Å²) in [5, 5.41) is 0. The van der Waals surface area contributed by atoms with Crippen LogP contribution in [0, 0.1) is 19.8 Å². The lowest BCUT2D eigenvalue weighted by Crippen LogP contribution is -2.11. The van der Waals surface area contributed by atoms with Crippen LogP contribution in [0.5, 0.6) is 0 Å². The zero-order chi connectivity index (χ0) is 22.5. The molecule has 0 saturated heterocycles. The minimum absolute atomic E-state index is 0.254. The number of benzene rings is 2. The Kier molecular flexibility index (Phi) is 6.90. The highest BCUT2D eigenvalue weighted by molar-refractivity contribution is 5.82. The Morgan fingerprint density at radius 1 is 0.938 bits per heavy atom. The first kappa shape index (κ1) is 22.1. The van der Waals surface area contributed by atoms with Crippen molar-refractivity contribution in [3.05, 3.63) is 112 Å². The molecule has 0 bridgehead atoms. The van der Waals surface area contributed by atoms with Crippen LogP contribution in [0.1, 0.15) is 53.3 Å². The van der Waals surface area contributed by atoms with Crippen LogP contribution in [0.4, 0.5) is 0 Å². The first-order chi connectivity index (χ1) is 15.5. The van der Waals surface area contributed by atoms with Crippen molar-refractivity contribution in [2.75, 3.05) is 0 Å². The van der Waals surface area contributed by atoms with E-state index < -0.39 is 0 Å². The van der Waals surface area contributed by atoms with Gasteiger partial charge in [0, 0.05) is 25.2 Å². The van der Waals surface area contributed by atoms with Crippen molar-refractivity contribution in [1.82, 2.24) is 0 Å². The maximum absolute atomic E-state index is 12.9. The van der Waals surface area contributed by atoms with E-state index in [1.54, 1.807) is 6.26 Å². The lowest BCUT2D eigenvalue weighted by atomic mass is 9.85. The Labute approximate surface area is 191 Å². The fraction of sp³-hybridized carbons (Fsp3) is 0.300. The quantitative estimate of drug-likeness (QED) is 0.362. The summed E-state index contributed by atoms with van der Waals surface area (Å²) in [4.78, 5) is 12.9. The summed E-state index contributed by atoms with van der Waals surface area (Å²) in [5.41, 5.74) is 8.93. The lowest BCUT2D eigenvalue weighted by molar-refractivity contribution is -0.118. The molecule has 0 saturated carbocycles. The number of hydrogen-bond acceptors (Lipinski definition) is 2. The smallest absolute Gasteiger partial charge is 0.137 e. The minimum atomic E-state index is 0.254. The van der Waals surface area contributed by atoms with Crippen LogP contribution in [-0.4, -0.2) is 5.78 Å². The molecule has 1 aliphatic carbocycles. The number of rotatable bonds is 9. The number of carbonyl (C=O) groups is 1. The molecule has 1 aliphatic rings. The van der Waals surface area contributed by atoms with Gasteiger partial charge in [0.25, 0.3) is 0 Å². The van der Waals surface area contributed by atoms with Gasteiger partial charge in [0.2, 0.25) is 0 Å². The van der Waals surface area contributed by atoms with Gasteiger partial charge in [0.1, 0.15) is 11.5 Å². The molecule has 2 aromatic carbocycles. The molecule has 3 aromatic rings. The van der Waals surface area contributed by atoms with E-state index in [0.717, 1.165) is 25.0 Å². The zero-order valence-corrected chi connectivity index (χ0v) is 19.4. The Hall–Kier alpha value is -3.13. The third-order valence-electron chi connectivity index (χ3n) is 6.67. The molecular weight excluding hydrogens is 392 g/mol. The van der Waals surface area contributed by atoms with Crippen LogP contribution in [0.2, 0.25) is 0 Å².